The Morgan fingerprint density at radius 1 is 1.25 bits per heavy atom. The Morgan fingerprint density at radius 3 is 2.41 bits per heavy atom. The van der Waals surface area contributed by atoms with Crippen LogP contribution in [0, 0.1) is 6.92 Å². The lowest BCUT2D eigenvalue weighted by molar-refractivity contribution is -0.116. The van der Waals surface area contributed by atoms with Crippen LogP contribution in [0.3, 0.4) is 0 Å². The zero-order valence-electron chi connectivity index (χ0n) is 18.4. The van der Waals surface area contributed by atoms with Gasteiger partial charge in [-0.3, -0.25) is 15.0 Å². The number of morpholine rings is 1. The molecular weight excluding hydrogens is 438 g/mol. The molecule has 1 aliphatic rings. The van der Waals surface area contributed by atoms with Crippen LogP contribution in [0.1, 0.15) is 5.56 Å². The summed E-state index contributed by atoms with van der Waals surface area (Å²) < 4.78 is 5.42. The Balaban J connectivity index is 0.000000837. The fraction of sp³-hybridized carbons (Fsp3) is 0.474. The van der Waals surface area contributed by atoms with Crippen LogP contribution in [0.4, 0.5) is 23.3 Å². The predicted octanol–water partition coefficient (Wildman–Crippen LogP) is 1.09. The SMILES string of the molecule is C=Nc1c(N(C)CCN(C)c2ncc(C)cn2)nc(Cl)nc1N1CCOCC1.O=CNO. The van der Waals surface area contributed by atoms with E-state index in [4.69, 9.17) is 26.3 Å². The molecule has 0 radical (unpaired) electrons. The number of aryl methyl sites for hydroxylation is 1. The number of nitrogens with zero attached hydrogens (tertiary/aromatic N) is 8. The molecule has 0 saturated carbocycles. The largest absolute Gasteiger partial charge is 0.378 e. The molecule has 2 aromatic heterocycles. The summed E-state index contributed by atoms with van der Waals surface area (Å²) in [4.78, 5) is 36.6. The number of aromatic nitrogens is 4. The van der Waals surface area contributed by atoms with Gasteiger partial charge in [0.25, 0.3) is 0 Å². The minimum atomic E-state index is 0.181. The number of halogens is 1. The number of carbonyl (C=O) groups is 1. The number of likely N-dealkylation sites (N-methyl/N-ethyl adjacent to an activating group) is 2. The molecule has 1 amide bonds. The summed E-state index contributed by atoms with van der Waals surface area (Å²) in [6.45, 7) is 9.80. The molecule has 0 bridgehead atoms. The Labute approximate surface area is 191 Å². The highest BCUT2D eigenvalue weighted by Gasteiger charge is 2.22. The topological polar surface area (TPSA) is 132 Å². The predicted molar refractivity (Wildman–Crippen MR) is 124 cm³/mol. The number of rotatable bonds is 8. The Hall–Kier alpha value is -3.09. The molecule has 2 N–H and O–H groups in total. The number of anilines is 3. The molecule has 32 heavy (non-hydrogen) atoms. The van der Waals surface area contributed by atoms with Crippen molar-refractivity contribution in [1.29, 1.82) is 0 Å². The Kier molecular flexibility index (Phi) is 9.98. The number of ether oxygens (including phenoxy) is 1. The van der Waals surface area contributed by atoms with Crippen molar-refractivity contribution in [2.24, 2.45) is 4.99 Å². The van der Waals surface area contributed by atoms with E-state index >= 15 is 0 Å². The first-order valence-electron chi connectivity index (χ1n) is 9.82. The second-order valence-electron chi connectivity index (χ2n) is 6.90. The Bertz CT molecular complexity index is 879. The monoisotopic (exact) mass is 465 g/mol. The van der Waals surface area contributed by atoms with E-state index in [1.54, 1.807) is 12.4 Å². The van der Waals surface area contributed by atoms with Crippen molar-refractivity contribution in [3.63, 3.8) is 0 Å². The highest BCUT2D eigenvalue weighted by atomic mass is 35.5. The molecule has 1 saturated heterocycles. The number of hydroxylamine groups is 1. The molecular formula is C19H28ClN9O3. The van der Waals surface area contributed by atoms with Gasteiger partial charge < -0.3 is 19.4 Å². The average molecular weight is 466 g/mol. The van der Waals surface area contributed by atoms with Crippen molar-refractivity contribution < 1.29 is 14.7 Å². The van der Waals surface area contributed by atoms with Gasteiger partial charge in [-0.05, 0) is 30.8 Å². The first-order chi connectivity index (χ1) is 15.4. The van der Waals surface area contributed by atoms with E-state index in [1.807, 2.05) is 30.8 Å². The van der Waals surface area contributed by atoms with Gasteiger partial charge in [0.2, 0.25) is 17.6 Å². The molecule has 0 aliphatic carbocycles. The second kappa shape index (κ2) is 12.7. The number of nitrogens with one attached hydrogen (secondary N) is 1. The summed E-state index contributed by atoms with van der Waals surface area (Å²) in [6.07, 6.45) is 3.79. The fourth-order valence-corrected chi connectivity index (χ4v) is 3.06. The average Bonchev–Trinajstić information content (AvgIpc) is 2.82. The number of carbonyl (C=O) groups excluding carboxylic acids is 1. The number of hydrogen-bond acceptors (Lipinski definition) is 11. The highest BCUT2D eigenvalue weighted by molar-refractivity contribution is 6.28. The summed E-state index contributed by atoms with van der Waals surface area (Å²) in [7, 11) is 3.90. The van der Waals surface area contributed by atoms with Gasteiger partial charge in [0.1, 0.15) is 5.69 Å². The van der Waals surface area contributed by atoms with Gasteiger partial charge >= 0.3 is 0 Å². The van der Waals surface area contributed by atoms with Crippen molar-refractivity contribution in [3.8, 4) is 0 Å². The van der Waals surface area contributed by atoms with Gasteiger partial charge in [0.15, 0.2) is 11.6 Å². The quantitative estimate of drug-likeness (QED) is 0.192. The molecule has 0 spiro atoms. The second-order valence-corrected chi connectivity index (χ2v) is 7.23. The zero-order valence-corrected chi connectivity index (χ0v) is 19.2. The third kappa shape index (κ3) is 6.97. The standard InChI is InChI=1S/C18H25ClN8O.CH3NO2/c1-13-11-21-18(22-12-13)26(4)6-5-25(3)15-14(20-2)16(24-17(19)23-15)27-7-9-28-10-8-27;3-1-2-4/h11-12H,2,5-10H2,1,3-4H3;1,4H,(H,2,3). The molecule has 0 aromatic carbocycles. The molecule has 1 fully saturated rings. The first kappa shape index (κ1) is 25.2. The number of amides is 1. The van der Waals surface area contributed by atoms with Gasteiger partial charge in [-0.15, -0.1) is 0 Å². The normalized spacial score (nSPS) is 13.0. The summed E-state index contributed by atoms with van der Waals surface area (Å²) >= 11 is 6.22. The first-order valence-corrected chi connectivity index (χ1v) is 10.2. The van der Waals surface area contributed by atoms with Crippen LogP contribution in [0.5, 0.6) is 0 Å². The molecule has 0 atom stereocenters. The van der Waals surface area contributed by atoms with E-state index in [0.717, 1.165) is 18.7 Å². The number of aliphatic imine (C=N–C) groups is 1. The molecule has 12 nitrogen and oxygen atoms in total. The van der Waals surface area contributed by atoms with E-state index in [1.165, 1.54) is 5.48 Å². The van der Waals surface area contributed by atoms with Gasteiger partial charge in [-0.2, -0.15) is 9.97 Å². The maximum Gasteiger partial charge on any atom is 0.230 e. The summed E-state index contributed by atoms with van der Waals surface area (Å²) in [6, 6.07) is 0. The van der Waals surface area contributed by atoms with E-state index < -0.39 is 0 Å². The molecule has 3 rings (SSSR count). The van der Waals surface area contributed by atoms with Crippen LogP contribution < -0.4 is 20.2 Å². The molecule has 0 unspecified atom stereocenters. The summed E-state index contributed by atoms with van der Waals surface area (Å²) in [5.41, 5.74) is 2.91. The molecule has 13 heteroatoms. The lowest BCUT2D eigenvalue weighted by Gasteiger charge is -2.30. The molecule has 3 heterocycles. The Morgan fingerprint density at radius 2 is 1.84 bits per heavy atom. The van der Waals surface area contributed by atoms with Crippen molar-refractivity contribution in [1.82, 2.24) is 25.4 Å². The van der Waals surface area contributed by atoms with Gasteiger partial charge in [-0.25, -0.2) is 15.4 Å². The van der Waals surface area contributed by atoms with Gasteiger partial charge in [0.05, 0.1) is 13.2 Å². The lowest BCUT2D eigenvalue weighted by atomic mass is 10.3. The summed E-state index contributed by atoms with van der Waals surface area (Å²) in [5.74, 6) is 2.01. The fourth-order valence-electron chi connectivity index (χ4n) is 2.90. The van der Waals surface area contributed by atoms with Crippen LogP contribution in [0.2, 0.25) is 5.28 Å². The van der Waals surface area contributed by atoms with Crippen molar-refractivity contribution >= 4 is 48.0 Å². The maximum atomic E-state index is 8.81. The van der Waals surface area contributed by atoms with Gasteiger partial charge in [0, 0.05) is 52.7 Å². The van der Waals surface area contributed by atoms with E-state index in [-0.39, 0.29) is 11.7 Å². The lowest BCUT2D eigenvalue weighted by Crippen LogP contribution is -2.37. The van der Waals surface area contributed by atoms with Crippen molar-refractivity contribution in [2.45, 2.75) is 6.92 Å². The molecule has 174 valence electrons. The highest BCUT2D eigenvalue weighted by Crippen LogP contribution is 2.36. The van der Waals surface area contributed by atoms with Crippen LogP contribution in [0.15, 0.2) is 17.4 Å². The van der Waals surface area contributed by atoms with E-state index in [0.29, 0.717) is 49.6 Å². The van der Waals surface area contributed by atoms with Gasteiger partial charge in [-0.1, -0.05) is 0 Å². The van der Waals surface area contributed by atoms with E-state index in [9.17, 15) is 0 Å². The zero-order chi connectivity index (χ0) is 23.5. The minimum absolute atomic E-state index is 0.181. The van der Waals surface area contributed by atoms with Crippen LogP contribution in [-0.4, -0.2) is 91.8 Å². The maximum absolute atomic E-state index is 8.81. The smallest absolute Gasteiger partial charge is 0.230 e. The molecule has 2 aromatic rings. The summed E-state index contributed by atoms with van der Waals surface area (Å²) in [5, 5.41) is 7.44. The number of hydrogen-bond donors (Lipinski definition) is 2. The molecule has 1 aliphatic heterocycles. The third-order valence-corrected chi connectivity index (χ3v) is 4.75. The minimum Gasteiger partial charge on any atom is -0.378 e. The van der Waals surface area contributed by atoms with Crippen molar-refractivity contribution in [2.75, 3.05) is 68.2 Å². The van der Waals surface area contributed by atoms with Crippen LogP contribution in [-0.2, 0) is 9.53 Å². The van der Waals surface area contributed by atoms with Crippen LogP contribution in [0.25, 0.3) is 0 Å². The van der Waals surface area contributed by atoms with E-state index in [2.05, 4.69) is 36.5 Å². The van der Waals surface area contributed by atoms with Crippen molar-refractivity contribution in [3.05, 3.63) is 23.2 Å². The third-order valence-electron chi connectivity index (χ3n) is 4.58. The van der Waals surface area contributed by atoms with Crippen LogP contribution >= 0.6 is 11.6 Å².